The second kappa shape index (κ2) is 4.01. The molecule has 0 spiro atoms. The third kappa shape index (κ3) is 2.96. The largest absolute Gasteiger partial charge is 0.372 e. The third-order valence-corrected chi connectivity index (χ3v) is 2.53. The fourth-order valence-electron chi connectivity index (χ4n) is 0.338. The van der Waals surface area contributed by atoms with Gasteiger partial charge in [0.1, 0.15) is 6.35 Å². The molecule has 0 aromatic heterocycles. The van der Waals surface area contributed by atoms with E-state index in [2.05, 4.69) is 13.8 Å². The van der Waals surface area contributed by atoms with Gasteiger partial charge in [0.25, 0.3) is 0 Å². The van der Waals surface area contributed by atoms with E-state index in [1.807, 2.05) is 0 Å². The van der Waals surface area contributed by atoms with Gasteiger partial charge in [0.05, 0.1) is 0 Å². The Labute approximate surface area is 54.6 Å². The Morgan fingerprint density at radius 2 is 1.67 bits per heavy atom. The molecular formula is C4H11O4P. The molecule has 0 radical (unpaired) electrons. The Morgan fingerprint density at radius 1 is 1.22 bits per heavy atom. The van der Waals surface area contributed by atoms with Crippen molar-refractivity contribution in [2.45, 2.75) is 0 Å². The first-order chi connectivity index (χ1) is 4.18. The van der Waals surface area contributed by atoms with E-state index in [0.717, 1.165) is 0 Å². The van der Waals surface area contributed by atoms with Crippen LogP contribution < -0.4 is 0 Å². The smallest absolute Gasteiger partial charge is 0.355 e. The van der Waals surface area contributed by atoms with Gasteiger partial charge in [-0.3, -0.25) is 4.57 Å². The van der Waals surface area contributed by atoms with Crippen LogP contribution in [0.3, 0.4) is 0 Å². The molecule has 0 heterocycles. The number of rotatable bonds is 4. The Kier molecular flexibility index (Phi) is 4.06. The van der Waals surface area contributed by atoms with Crippen molar-refractivity contribution in [3.8, 4) is 0 Å². The van der Waals surface area contributed by atoms with Gasteiger partial charge in [0.15, 0.2) is 0 Å². The molecule has 0 saturated heterocycles. The van der Waals surface area contributed by atoms with Gasteiger partial charge in [-0.25, -0.2) is 0 Å². The average Bonchev–Trinajstić information content (AvgIpc) is 1.89. The predicted molar refractivity (Wildman–Crippen MR) is 33.5 cm³/mol. The summed E-state index contributed by atoms with van der Waals surface area (Å²) in [7, 11) is 1.18. The SMILES string of the molecule is COCP(=O)(OC)OC. The lowest BCUT2D eigenvalue weighted by Gasteiger charge is -2.10. The van der Waals surface area contributed by atoms with Crippen LogP contribution in [0.15, 0.2) is 0 Å². The lowest BCUT2D eigenvalue weighted by Crippen LogP contribution is -1.95. The molecule has 0 aliphatic rings. The van der Waals surface area contributed by atoms with E-state index in [-0.39, 0.29) is 6.35 Å². The zero-order chi connectivity index (χ0) is 7.33. The molecule has 4 nitrogen and oxygen atoms in total. The summed E-state index contributed by atoms with van der Waals surface area (Å²) in [5.41, 5.74) is 0. The minimum absolute atomic E-state index is 0. The summed E-state index contributed by atoms with van der Waals surface area (Å²) >= 11 is 0. The molecule has 56 valence electrons. The lowest BCUT2D eigenvalue weighted by molar-refractivity contribution is 0.192. The summed E-state index contributed by atoms with van der Waals surface area (Å²) in [5.74, 6) is 0. The van der Waals surface area contributed by atoms with Crippen molar-refractivity contribution in [3.05, 3.63) is 0 Å². The lowest BCUT2D eigenvalue weighted by atomic mass is 11.5. The zero-order valence-corrected chi connectivity index (χ0v) is 6.68. The minimum atomic E-state index is -2.90. The van der Waals surface area contributed by atoms with Crippen molar-refractivity contribution in [2.24, 2.45) is 0 Å². The molecule has 0 saturated carbocycles. The van der Waals surface area contributed by atoms with Crippen LogP contribution >= 0.6 is 7.60 Å². The average molecular weight is 154 g/mol. The van der Waals surface area contributed by atoms with Gasteiger partial charge in [0, 0.05) is 21.3 Å². The maximum Gasteiger partial charge on any atom is 0.355 e. The highest BCUT2D eigenvalue weighted by Gasteiger charge is 2.19. The van der Waals surface area contributed by atoms with Gasteiger partial charge < -0.3 is 13.8 Å². The van der Waals surface area contributed by atoms with Gasteiger partial charge in [-0.05, 0) is 0 Å². The van der Waals surface area contributed by atoms with Crippen molar-refractivity contribution < 1.29 is 18.3 Å². The molecule has 0 bridgehead atoms. The summed E-state index contributed by atoms with van der Waals surface area (Å²) < 4.78 is 24.6. The van der Waals surface area contributed by atoms with Crippen LogP contribution in [0.5, 0.6) is 0 Å². The number of ether oxygens (including phenoxy) is 1. The molecular weight excluding hydrogens is 143 g/mol. The summed E-state index contributed by atoms with van der Waals surface area (Å²) in [5, 5.41) is 0. The number of hydrogen-bond donors (Lipinski definition) is 0. The van der Waals surface area contributed by atoms with Crippen molar-refractivity contribution in [2.75, 3.05) is 27.7 Å². The molecule has 0 unspecified atom stereocenters. The van der Waals surface area contributed by atoms with Gasteiger partial charge >= 0.3 is 7.60 Å². The quantitative estimate of drug-likeness (QED) is 0.568. The fourth-order valence-corrected chi connectivity index (χ4v) is 1.01. The Bertz CT molecular complexity index is 105. The van der Waals surface area contributed by atoms with Crippen LogP contribution in [-0.4, -0.2) is 27.7 Å². The highest BCUT2D eigenvalue weighted by atomic mass is 31.2. The highest BCUT2D eigenvalue weighted by Crippen LogP contribution is 2.45. The molecule has 9 heavy (non-hydrogen) atoms. The van der Waals surface area contributed by atoms with E-state index in [9.17, 15) is 4.57 Å². The Morgan fingerprint density at radius 3 is 1.78 bits per heavy atom. The monoisotopic (exact) mass is 154 g/mol. The second-order valence-corrected chi connectivity index (χ2v) is 3.60. The minimum Gasteiger partial charge on any atom is -0.372 e. The standard InChI is InChI=1S/C4H11O4P/c1-6-4-9(5,7-2)8-3/h4H2,1-3H3. The molecule has 0 aromatic rings. The van der Waals surface area contributed by atoms with E-state index in [4.69, 9.17) is 0 Å². The normalized spacial score (nSPS) is 11.9. The van der Waals surface area contributed by atoms with Crippen LogP contribution in [0.25, 0.3) is 0 Å². The van der Waals surface area contributed by atoms with Crippen molar-refractivity contribution >= 4 is 7.60 Å². The first-order valence-electron chi connectivity index (χ1n) is 2.38. The molecule has 0 aliphatic carbocycles. The van der Waals surface area contributed by atoms with Crippen molar-refractivity contribution in [1.29, 1.82) is 0 Å². The van der Waals surface area contributed by atoms with Crippen LogP contribution in [0, 0.1) is 0 Å². The van der Waals surface area contributed by atoms with E-state index >= 15 is 0 Å². The number of methoxy groups -OCH3 is 1. The summed E-state index contributed by atoms with van der Waals surface area (Å²) in [4.78, 5) is 0. The van der Waals surface area contributed by atoms with E-state index in [0.29, 0.717) is 0 Å². The zero-order valence-electron chi connectivity index (χ0n) is 5.79. The molecule has 0 N–H and O–H groups in total. The third-order valence-electron chi connectivity index (χ3n) is 0.844. The predicted octanol–water partition coefficient (Wildman–Crippen LogP) is 1.08. The first-order valence-corrected chi connectivity index (χ1v) is 4.11. The molecule has 0 aromatic carbocycles. The first kappa shape index (κ1) is 9.11. The van der Waals surface area contributed by atoms with Gasteiger partial charge in [-0.1, -0.05) is 0 Å². The van der Waals surface area contributed by atoms with E-state index < -0.39 is 7.60 Å². The Balaban J connectivity index is 3.78. The van der Waals surface area contributed by atoms with Gasteiger partial charge in [-0.15, -0.1) is 0 Å². The van der Waals surface area contributed by atoms with E-state index in [1.165, 1.54) is 21.3 Å². The van der Waals surface area contributed by atoms with Gasteiger partial charge in [0.2, 0.25) is 0 Å². The second-order valence-electron chi connectivity index (χ2n) is 1.39. The highest BCUT2D eigenvalue weighted by molar-refractivity contribution is 7.53. The molecule has 0 atom stereocenters. The van der Waals surface area contributed by atoms with E-state index in [1.54, 1.807) is 0 Å². The molecule has 5 heteroatoms. The fraction of sp³-hybridized carbons (Fsp3) is 1.00. The summed E-state index contributed by atoms with van der Waals surface area (Å²) in [6, 6.07) is 0. The maximum absolute atomic E-state index is 11.0. The van der Waals surface area contributed by atoms with Crippen LogP contribution in [-0.2, 0) is 18.3 Å². The summed E-state index contributed by atoms with van der Waals surface area (Å²) in [6.45, 7) is 0. The van der Waals surface area contributed by atoms with Crippen molar-refractivity contribution in [1.82, 2.24) is 0 Å². The van der Waals surface area contributed by atoms with Crippen LogP contribution in [0.2, 0.25) is 0 Å². The molecule has 0 amide bonds. The van der Waals surface area contributed by atoms with Crippen LogP contribution in [0.1, 0.15) is 0 Å². The summed E-state index contributed by atoms with van der Waals surface area (Å²) in [6.07, 6.45) is 0. The van der Waals surface area contributed by atoms with Crippen molar-refractivity contribution in [3.63, 3.8) is 0 Å². The Hall–Kier alpha value is 0.110. The molecule has 0 rings (SSSR count). The number of hydrogen-bond acceptors (Lipinski definition) is 4. The molecule has 0 aliphatic heterocycles. The topological polar surface area (TPSA) is 44.8 Å². The van der Waals surface area contributed by atoms with Gasteiger partial charge in [-0.2, -0.15) is 0 Å². The van der Waals surface area contributed by atoms with Crippen LogP contribution in [0.4, 0.5) is 0 Å². The maximum atomic E-state index is 11.0. The molecule has 0 fully saturated rings.